The lowest BCUT2D eigenvalue weighted by Gasteiger charge is -2.29. The molecular formula is C14H17N3O2. The normalized spacial score (nSPS) is 19.5. The van der Waals surface area contributed by atoms with Crippen molar-refractivity contribution in [3.63, 3.8) is 0 Å². The number of nitrogens with zero attached hydrogens (tertiary/aromatic N) is 3. The highest BCUT2D eigenvalue weighted by Gasteiger charge is 2.43. The van der Waals surface area contributed by atoms with E-state index in [-0.39, 0.29) is 18.2 Å². The smallest absolute Gasteiger partial charge is 0.260 e. The molecule has 0 unspecified atom stereocenters. The van der Waals surface area contributed by atoms with Crippen molar-refractivity contribution in [2.24, 2.45) is 10.2 Å². The van der Waals surface area contributed by atoms with Gasteiger partial charge in [0.05, 0.1) is 0 Å². The van der Waals surface area contributed by atoms with Gasteiger partial charge in [-0.25, -0.2) is 0 Å². The molecule has 3 rings (SSSR count). The minimum atomic E-state index is -0.131. The Hall–Kier alpha value is -1.91. The highest BCUT2D eigenvalue weighted by atomic mass is 16.5. The van der Waals surface area contributed by atoms with Gasteiger partial charge in [-0.1, -0.05) is 18.2 Å². The van der Waals surface area contributed by atoms with Crippen molar-refractivity contribution in [3.8, 4) is 5.75 Å². The van der Waals surface area contributed by atoms with Gasteiger partial charge in [-0.2, -0.15) is 10.2 Å². The standard InChI is InChI=1S/C14H17N3O2/c1-11-4-2-3-5-12(11)19-10-13(18)17-8-6-14(7-9-17)15-16-14/h2-5H,6-10H2,1H3. The molecule has 1 fully saturated rings. The van der Waals surface area contributed by atoms with Crippen molar-refractivity contribution in [1.82, 2.24) is 4.90 Å². The van der Waals surface area contributed by atoms with Gasteiger partial charge in [0.1, 0.15) is 5.75 Å². The number of amides is 1. The molecule has 100 valence electrons. The summed E-state index contributed by atoms with van der Waals surface area (Å²) in [5.74, 6) is 0.815. The van der Waals surface area contributed by atoms with Crippen LogP contribution in [0.5, 0.6) is 5.75 Å². The molecule has 19 heavy (non-hydrogen) atoms. The minimum absolute atomic E-state index is 0.0405. The van der Waals surface area contributed by atoms with Crippen LogP contribution >= 0.6 is 0 Å². The molecule has 1 amide bonds. The maximum atomic E-state index is 12.1. The zero-order valence-electron chi connectivity index (χ0n) is 11.0. The number of hydrogen-bond donors (Lipinski definition) is 0. The lowest BCUT2D eigenvalue weighted by molar-refractivity contribution is -0.134. The van der Waals surface area contributed by atoms with E-state index >= 15 is 0 Å². The third kappa shape index (κ3) is 2.59. The molecule has 1 spiro atoms. The van der Waals surface area contributed by atoms with Crippen LogP contribution in [0.4, 0.5) is 0 Å². The van der Waals surface area contributed by atoms with E-state index in [1.807, 2.05) is 36.1 Å². The Morgan fingerprint density at radius 3 is 2.63 bits per heavy atom. The number of ether oxygens (including phenoxy) is 1. The fourth-order valence-electron chi connectivity index (χ4n) is 2.33. The molecule has 1 saturated heterocycles. The molecule has 0 bridgehead atoms. The molecule has 0 N–H and O–H groups in total. The van der Waals surface area contributed by atoms with Crippen LogP contribution in [0, 0.1) is 6.92 Å². The summed E-state index contributed by atoms with van der Waals surface area (Å²) in [7, 11) is 0. The fraction of sp³-hybridized carbons (Fsp3) is 0.500. The van der Waals surface area contributed by atoms with Crippen LogP contribution in [-0.2, 0) is 4.79 Å². The summed E-state index contributed by atoms with van der Waals surface area (Å²) in [4.78, 5) is 13.9. The second-order valence-electron chi connectivity index (χ2n) is 5.12. The quantitative estimate of drug-likeness (QED) is 0.835. The highest BCUT2D eigenvalue weighted by Crippen LogP contribution is 2.38. The van der Waals surface area contributed by atoms with Gasteiger partial charge in [0.25, 0.3) is 5.91 Å². The van der Waals surface area contributed by atoms with Crippen LogP contribution in [0.3, 0.4) is 0 Å². The van der Waals surface area contributed by atoms with E-state index in [1.165, 1.54) is 0 Å². The van der Waals surface area contributed by atoms with Gasteiger partial charge in [0, 0.05) is 25.9 Å². The predicted molar refractivity (Wildman–Crippen MR) is 70.1 cm³/mol. The summed E-state index contributed by atoms with van der Waals surface area (Å²) in [6.07, 6.45) is 1.70. The SMILES string of the molecule is Cc1ccccc1OCC(=O)N1CCC2(CC1)N=N2. The van der Waals surface area contributed by atoms with Crippen LogP contribution in [0.1, 0.15) is 18.4 Å². The first-order valence-electron chi connectivity index (χ1n) is 6.59. The molecule has 2 aliphatic rings. The Morgan fingerprint density at radius 1 is 1.32 bits per heavy atom. The van der Waals surface area contributed by atoms with Gasteiger partial charge < -0.3 is 9.64 Å². The summed E-state index contributed by atoms with van der Waals surface area (Å²) in [6.45, 7) is 3.53. The van der Waals surface area contributed by atoms with Crippen molar-refractivity contribution in [2.45, 2.75) is 25.4 Å². The van der Waals surface area contributed by atoms with Crippen LogP contribution in [-0.4, -0.2) is 36.2 Å². The van der Waals surface area contributed by atoms with Gasteiger partial charge >= 0.3 is 0 Å². The molecule has 0 atom stereocenters. The Balaban J connectivity index is 1.50. The number of carbonyl (C=O) groups excluding carboxylic acids is 1. The van der Waals surface area contributed by atoms with E-state index in [9.17, 15) is 4.79 Å². The van der Waals surface area contributed by atoms with Crippen molar-refractivity contribution in [3.05, 3.63) is 29.8 Å². The highest BCUT2D eigenvalue weighted by molar-refractivity contribution is 5.78. The van der Waals surface area contributed by atoms with E-state index in [1.54, 1.807) is 0 Å². The van der Waals surface area contributed by atoms with Gasteiger partial charge in [-0.15, -0.1) is 0 Å². The van der Waals surface area contributed by atoms with Crippen LogP contribution in [0.25, 0.3) is 0 Å². The second kappa shape index (κ2) is 4.64. The topological polar surface area (TPSA) is 54.3 Å². The van der Waals surface area contributed by atoms with Crippen molar-refractivity contribution in [1.29, 1.82) is 0 Å². The van der Waals surface area contributed by atoms with Crippen LogP contribution in [0.15, 0.2) is 34.5 Å². The predicted octanol–water partition coefficient (Wildman–Crippen LogP) is 2.16. The maximum Gasteiger partial charge on any atom is 0.260 e. The lowest BCUT2D eigenvalue weighted by Crippen LogP contribution is -2.43. The number of benzene rings is 1. The molecule has 2 aliphatic heterocycles. The maximum absolute atomic E-state index is 12.1. The number of likely N-dealkylation sites (tertiary alicyclic amines) is 1. The van der Waals surface area contributed by atoms with Crippen LogP contribution in [0.2, 0.25) is 0 Å². The minimum Gasteiger partial charge on any atom is -0.484 e. The molecule has 5 heteroatoms. The molecule has 0 saturated carbocycles. The number of carbonyl (C=O) groups is 1. The number of para-hydroxylation sites is 1. The molecule has 2 heterocycles. The van der Waals surface area contributed by atoms with Gasteiger partial charge in [0.15, 0.2) is 12.3 Å². The first kappa shape index (κ1) is 12.1. The van der Waals surface area contributed by atoms with Gasteiger partial charge in [-0.3, -0.25) is 4.79 Å². The monoisotopic (exact) mass is 259 g/mol. The average Bonchev–Trinajstić information content (AvgIpc) is 3.18. The molecule has 0 aliphatic carbocycles. The van der Waals surface area contributed by atoms with Gasteiger partial charge in [0.2, 0.25) is 0 Å². The van der Waals surface area contributed by atoms with E-state index in [2.05, 4.69) is 10.2 Å². The molecular weight excluding hydrogens is 242 g/mol. The number of hydrogen-bond acceptors (Lipinski definition) is 4. The molecule has 5 nitrogen and oxygen atoms in total. The van der Waals surface area contributed by atoms with E-state index < -0.39 is 0 Å². The first-order chi connectivity index (χ1) is 9.19. The number of piperidine rings is 1. The Bertz CT molecular complexity index is 511. The van der Waals surface area contributed by atoms with Gasteiger partial charge in [-0.05, 0) is 18.6 Å². The Kier molecular flexibility index (Phi) is 2.97. The zero-order valence-corrected chi connectivity index (χ0v) is 11.0. The largest absolute Gasteiger partial charge is 0.484 e. The van der Waals surface area contributed by atoms with Crippen molar-refractivity contribution < 1.29 is 9.53 Å². The third-order valence-corrected chi connectivity index (χ3v) is 3.74. The van der Waals surface area contributed by atoms with Crippen molar-refractivity contribution >= 4 is 5.91 Å². The van der Waals surface area contributed by atoms with Crippen molar-refractivity contribution in [2.75, 3.05) is 19.7 Å². The second-order valence-corrected chi connectivity index (χ2v) is 5.12. The summed E-state index contributed by atoms with van der Waals surface area (Å²) in [5, 5.41) is 8.10. The lowest BCUT2D eigenvalue weighted by atomic mass is 10.0. The molecule has 1 aromatic carbocycles. The molecule has 1 aromatic rings. The first-order valence-corrected chi connectivity index (χ1v) is 6.59. The summed E-state index contributed by atoms with van der Waals surface area (Å²) >= 11 is 0. The third-order valence-electron chi connectivity index (χ3n) is 3.74. The number of aryl methyl sites for hydroxylation is 1. The van der Waals surface area contributed by atoms with Crippen LogP contribution < -0.4 is 4.74 Å². The molecule has 0 aromatic heterocycles. The zero-order chi connectivity index (χ0) is 13.3. The fourth-order valence-corrected chi connectivity index (χ4v) is 2.33. The van der Waals surface area contributed by atoms with E-state index in [0.717, 1.165) is 37.2 Å². The summed E-state index contributed by atoms with van der Waals surface area (Å²) < 4.78 is 5.58. The summed E-state index contributed by atoms with van der Waals surface area (Å²) in [6, 6.07) is 7.72. The van der Waals surface area contributed by atoms with E-state index in [4.69, 9.17) is 4.74 Å². The average molecular weight is 259 g/mol. The Morgan fingerprint density at radius 2 is 2.00 bits per heavy atom. The van der Waals surface area contributed by atoms with E-state index in [0.29, 0.717) is 0 Å². The number of rotatable bonds is 3. The summed E-state index contributed by atoms with van der Waals surface area (Å²) in [5.41, 5.74) is 0.914. The molecule has 0 radical (unpaired) electrons. The Labute approximate surface area is 112 Å².